The lowest BCUT2D eigenvalue weighted by Crippen LogP contribution is -2.32. The molecular weight excluding hydrogens is 504 g/mol. The van der Waals surface area contributed by atoms with E-state index in [2.05, 4.69) is 15.9 Å². The van der Waals surface area contributed by atoms with Gasteiger partial charge in [-0.15, -0.1) is 0 Å². The van der Waals surface area contributed by atoms with Crippen LogP contribution >= 0.6 is 15.9 Å². The molecule has 1 amide bonds. The molecule has 1 atom stereocenters. The van der Waals surface area contributed by atoms with Crippen LogP contribution < -0.4 is 9.47 Å². The first kappa shape index (κ1) is 25.6. The Morgan fingerprint density at radius 1 is 1.21 bits per heavy atom. The van der Waals surface area contributed by atoms with E-state index < -0.39 is 17.7 Å². The zero-order valence-corrected chi connectivity index (χ0v) is 21.3. The van der Waals surface area contributed by atoms with E-state index in [4.69, 9.17) is 9.47 Å². The maximum atomic E-state index is 13.2. The van der Waals surface area contributed by atoms with Crippen molar-refractivity contribution in [2.75, 3.05) is 40.9 Å². The molecule has 1 aliphatic rings. The SMILES string of the molecule is CCOc1cccc(/C(O)=C2\C(=O)C(=O)N(CCCN(C)C)C2c2cc(Br)c(O)c(OC)c2)c1. The number of hydrogen-bond acceptors (Lipinski definition) is 7. The van der Waals surface area contributed by atoms with Gasteiger partial charge in [-0.2, -0.15) is 0 Å². The number of aliphatic hydroxyl groups is 1. The van der Waals surface area contributed by atoms with Gasteiger partial charge in [0.15, 0.2) is 11.5 Å². The number of aromatic hydroxyl groups is 1. The lowest BCUT2D eigenvalue weighted by atomic mass is 9.95. The molecule has 2 aromatic rings. The summed E-state index contributed by atoms with van der Waals surface area (Å²) in [5.41, 5.74) is 0.864. The first-order valence-corrected chi connectivity index (χ1v) is 11.7. The molecule has 34 heavy (non-hydrogen) atoms. The van der Waals surface area contributed by atoms with Crippen molar-refractivity contribution in [2.45, 2.75) is 19.4 Å². The van der Waals surface area contributed by atoms with Crippen molar-refractivity contribution < 1.29 is 29.3 Å². The summed E-state index contributed by atoms with van der Waals surface area (Å²) in [5.74, 6) is -1.12. The van der Waals surface area contributed by atoms with E-state index in [1.807, 2.05) is 25.9 Å². The van der Waals surface area contributed by atoms with Crippen molar-refractivity contribution in [3.8, 4) is 17.2 Å². The molecule has 1 fully saturated rings. The highest BCUT2D eigenvalue weighted by Crippen LogP contribution is 2.44. The maximum absolute atomic E-state index is 13.2. The number of aliphatic hydroxyl groups excluding tert-OH is 1. The summed E-state index contributed by atoms with van der Waals surface area (Å²) in [5, 5.41) is 21.5. The molecule has 0 saturated carbocycles. The van der Waals surface area contributed by atoms with Crippen LogP contribution in [0.2, 0.25) is 0 Å². The van der Waals surface area contributed by atoms with Crippen LogP contribution in [-0.2, 0) is 9.59 Å². The Morgan fingerprint density at radius 3 is 2.59 bits per heavy atom. The molecular formula is C25H29BrN2O6. The van der Waals surface area contributed by atoms with Crippen molar-refractivity contribution in [1.29, 1.82) is 0 Å². The summed E-state index contributed by atoms with van der Waals surface area (Å²) in [4.78, 5) is 29.7. The van der Waals surface area contributed by atoms with Gasteiger partial charge >= 0.3 is 0 Å². The summed E-state index contributed by atoms with van der Waals surface area (Å²) < 4.78 is 11.2. The Balaban J connectivity index is 2.17. The van der Waals surface area contributed by atoms with Gasteiger partial charge in [0.05, 0.1) is 29.8 Å². The predicted molar refractivity (Wildman–Crippen MR) is 132 cm³/mol. The standard InChI is InChI=1S/C25H29BrN2O6/c1-5-34-17-9-6-8-15(12-17)22(29)20-21(16-13-18(26)23(30)19(14-16)33-4)28(25(32)24(20)31)11-7-10-27(2)3/h6,8-9,12-14,21,29-30H,5,7,10-11H2,1-4H3/b22-20+. The number of phenols is 1. The van der Waals surface area contributed by atoms with E-state index in [1.165, 1.54) is 12.0 Å². The van der Waals surface area contributed by atoms with E-state index in [-0.39, 0.29) is 22.8 Å². The second-order valence-corrected chi connectivity index (χ2v) is 9.02. The number of likely N-dealkylation sites (tertiary alicyclic amines) is 1. The number of phenolic OH excluding ortho intramolecular Hbond substituents is 1. The number of Topliss-reactive ketones (excluding diaryl/α,β-unsaturated/α-hetero) is 1. The molecule has 1 heterocycles. The Kier molecular flexibility index (Phi) is 8.22. The molecule has 1 saturated heterocycles. The molecule has 0 aliphatic carbocycles. The summed E-state index contributed by atoms with van der Waals surface area (Å²) in [6.07, 6.45) is 0.632. The van der Waals surface area contributed by atoms with E-state index in [0.29, 0.717) is 47.5 Å². The third-order valence-electron chi connectivity index (χ3n) is 5.55. The van der Waals surface area contributed by atoms with Crippen LogP contribution in [0.3, 0.4) is 0 Å². The average molecular weight is 533 g/mol. The van der Waals surface area contributed by atoms with Gasteiger partial charge in [-0.25, -0.2) is 0 Å². The van der Waals surface area contributed by atoms with E-state index >= 15 is 0 Å². The first-order chi connectivity index (χ1) is 16.2. The van der Waals surface area contributed by atoms with Crippen LogP contribution in [-0.4, -0.2) is 72.6 Å². The number of methoxy groups -OCH3 is 1. The van der Waals surface area contributed by atoms with Crippen molar-refractivity contribution in [2.24, 2.45) is 0 Å². The minimum Gasteiger partial charge on any atom is -0.507 e. The number of hydrogen-bond donors (Lipinski definition) is 2. The smallest absolute Gasteiger partial charge is 0.295 e. The van der Waals surface area contributed by atoms with Crippen LogP contribution in [0.15, 0.2) is 46.4 Å². The van der Waals surface area contributed by atoms with Gasteiger partial charge in [0.1, 0.15) is 11.5 Å². The van der Waals surface area contributed by atoms with Gasteiger partial charge in [0, 0.05) is 12.1 Å². The van der Waals surface area contributed by atoms with Crippen molar-refractivity contribution in [1.82, 2.24) is 9.80 Å². The summed E-state index contributed by atoms with van der Waals surface area (Å²) in [6, 6.07) is 9.08. The second kappa shape index (κ2) is 10.9. The van der Waals surface area contributed by atoms with Gasteiger partial charge in [-0.05, 0) is 79.7 Å². The lowest BCUT2D eigenvalue weighted by Gasteiger charge is -2.26. The highest BCUT2D eigenvalue weighted by atomic mass is 79.9. The fraction of sp³-hybridized carbons (Fsp3) is 0.360. The zero-order valence-electron chi connectivity index (χ0n) is 19.7. The van der Waals surface area contributed by atoms with Crippen molar-refractivity contribution >= 4 is 33.4 Å². The first-order valence-electron chi connectivity index (χ1n) is 10.9. The topological polar surface area (TPSA) is 99.5 Å². The highest BCUT2D eigenvalue weighted by Gasteiger charge is 2.46. The van der Waals surface area contributed by atoms with E-state index in [0.717, 1.165) is 0 Å². The molecule has 1 unspecified atom stereocenters. The minimum absolute atomic E-state index is 0.0249. The normalized spacial score (nSPS) is 17.5. The number of carbonyl (C=O) groups is 2. The molecule has 0 spiro atoms. The number of rotatable bonds is 9. The van der Waals surface area contributed by atoms with Crippen molar-refractivity contribution in [3.05, 3.63) is 57.6 Å². The molecule has 0 aromatic heterocycles. The largest absolute Gasteiger partial charge is 0.507 e. The maximum Gasteiger partial charge on any atom is 0.295 e. The van der Waals surface area contributed by atoms with Crippen LogP contribution in [0, 0.1) is 0 Å². The van der Waals surface area contributed by atoms with Crippen molar-refractivity contribution in [3.63, 3.8) is 0 Å². The number of ether oxygens (including phenoxy) is 2. The second-order valence-electron chi connectivity index (χ2n) is 8.16. The third kappa shape index (κ3) is 5.20. The molecule has 182 valence electrons. The molecule has 3 rings (SSSR count). The number of nitrogens with zero attached hydrogens (tertiary/aromatic N) is 2. The van der Waals surface area contributed by atoms with Gasteiger partial charge < -0.3 is 29.5 Å². The quantitative estimate of drug-likeness (QED) is 0.286. The number of ketones is 1. The van der Waals surface area contributed by atoms with Crippen LogP contribution in [0.5, 0.6) is 17.2 Å². The fourth-order valence-electron chi connectivity index (χ4n) is 3.98. The molecule has 9 heteroatoms. The molecule has 0 bridgehead atoms. The van der Waals surface area contributed by atoms with E-state index in [9.17, 15) is 19.8 Å². The summed E-state index contributed by atoms with van der Waals surface area (Å²) in [6.45, 7) is 3.32. The third-order valence-corrected chi connectivity index (χ3v) is 6.15. The summed E-state index contributed by atoms with van der Waals surface area (Å²) >= 11 is 3.32. The van der Waals surface area contributed by atoms with Crippen LogP contribution in [0.25, 0.3) is 5.76 Å². The van der Waals surface area contributed by atoms with Gasteiger partial charge in [0.2, 0.25) is 0 Å². The predicted octanol–water partition coefficient (Wildman–Crippen LogP) is 3.94. The van der Waals surface area contributed by atoms with Crippen LogP contribution in [0.4, 0.5) is 0 Å². The van der Waals surface area contributed by atoms with E-state index in [1.54, 1.807) is 36.4 Å². The number of halogens is 1. The Morgan fingerprint density at radius 2 is 1.94 bits per heavy atom. The molecule has 2 N–H and O–H groups in total. The lowest BCUT2D eigenvalue weighted by molar-refractivity contribution is -0.139. The zero-order chi connectivity index (χ0) is 25.0. The number of carbonyl (C=O) groups excluding carboxylic acids is 2. The summed E-state index contributed by atoms with van der Waals surface area (Å²) in [7, 11) is 5.27. The molecule has 1 aliphatic heterocycles. The number of amides is 1. The molecule has 2 aromatic carbocycles. The van der Waals surface area contributed by atoms with Gasteiger partial charge in [0.25, 0.3) is 11.7 Å². The Labute approximate surface area is 207 Å². The molecule has 0 radical (unpaired) electrons. The number of benzene rings is 2. The van der Waals surface area contributed by atoms with Gasteiger partial charge in [-0.1, -0.05) is 12.1 Å². The van der Waals surface area contributed by atoms with Crippen LogP contribution in [0.1, 0.15) is 30.5 Å². The molecule has 8 nitrogen and oxygen atoms in total. The minimum atomic E-state index is -0.858. The average Bonchev–Trinajstić information content (AvgIpc) is 3.05. The Bertz CT molecular complexity index is 1110. The highest BCUT2D eigenvalue weighted by molar-refractivity contribution is 9.10. The van der Waals surface area contributed by atoms with Gasteiger partial charge in [-0.3, -0.25) is 9.59 Å². The fourth-order valence-corrected chi connectivity index (χ4v) is 4.44. The Hall–Kier alpha value is -3.04. The monoisotopic (exact) mass is 532 g/mol.